The quantitative estimate of drug-likeness (QED) is 0.602. The molecule has 0 aliphatic carbocycles. The molecule has 27 heavy (non-hydrogen) atoms. The van der Waals surface area contributed by atoms with Crippen molar-refractivity contribution in [2.75, 3.05) is 0 Å². The third kappa shape index (κ3) is 3.05. The molecule has 0 aliphatic heterocycles. The fourth-order valence-corrected chi connectivity index (χ4v) is 3.06. The van der Waals surface area contributed by atoms with E-state index in [4.69, 9.17) is 0 Å². The lowest BCUT2D eigenvalue weighted by Crippen LogP contribution is -2.24. The summed E-state index contributed by atoms with van der Waals surface area (Å²) in [6, 6.07) is 13.4. The van der Waals surface area contributed by atoms with Gasteiger partial charge in [-0.25, -0.2) is 4.68 Å². The molecule has 0 spiro atoms. The number of aromatic nitrogens is 6. The van der Waals surface area contributed by atoms with Crippen LogP contribution in [0.4, 0.5) is 0 Å². The van der Waals surface area contributed by atoms with Crippen LogP contribution in [0.3, 0.4) is 0 Å². The molecule has 0 saturated heterocycles. The van der Waals surface area contributed by atoms with E-state index in [2.05, 4.69) is 25.7 Å². The summed E-state index contributed by atoms with van der Waals surface area (Å²) >= 11 is 0. The number of carbonyl (C=O) groups excluding carboxylic acids is 1. The van der Waals surface area contributed by atoms with E-state index in [0.717, 1.165) is 11.3 Å². The zero-order valence-electron chi connectivity index (χ0n) is 15.3. The van der Waals surface area contributed by atoms with Crippen LogP contribution in [0.2, 0.25) is 0 Å². The molecule has 1 amide bonds. The fourth-order valence-electron chi connectivity index (χ4n) is 3.06. The normalized spacial score (nSPS) is 11.1. The van der Waals surface area contributed by atoms with Gasteiger partial charge in [-0.2, -0.15) is 9.61 Å². The minimum Gasteiger partial charge on any atom is -0.348 e. The molecule has 0 bridgehead atoms. The lowest BCUT2D eigenvalue weighted by atomic mass is 10.1. The van der Waals surface area contributed by atoms with Gasteiger partial charge in [-0.15, -0.1) is 15.3 Å². The number of benzene rings is 1. The molecule has 3 heterocycles. The van der Waals surface area contributed by atoms with E-state index in [1.165, 1.54) is 0 Å². The van der Waals surface area contributed by atoms with Crippen molar-refractivity contribution in [1.29, 1.82) is 0 Å². The number of hydrogen-bond acceptors (Lipinski definition) is 5. The van der Waals surface area contributed by atoms with Crippen molar-refractivity contribution in [3.05, 3.63) is 70.8 Å². The first-order valence-corrected chi connectivity index (χ1v) is 8.62. The third-order valence-corrected chi connectivity index (χ3v) is 4.44. The van der Waals surface area contributed by atoms with E-state index < -0.39 is 0 Å². The van der Waals surface area contributed by atoms with Gasteiger partial charge in [0.25, 0.3) is 5.91 Å². The molecule has 8 nitrogen and oxygen atoms in total. The van der Waals surface area contributed by atoms with Crippen molar-refractivity contribution in [3.8, 4) is 5.82 Å². The molecule has 0 unspecified atom stereocenters. The summed E-state index contributed by atoms with van der Waals surface area (Å²) in [5.74, 6) is 1.14. The lowest BCUT2D eigenvalue weighted by Gasteiger charge is -2.07. The Morgan fingerprint density at radius 1 is 1.00 bits per heavy atom. The van der Waals surface area contributed by atoms with Crippen LogP contribution in [-0.2, 0) is 6.54 Å². The smallest absolute Gasteiger partial charge is 0.255 e. The second-order valence-electron chi connectivity index (χ2n) is 6.33. The predicted octanol–water partition coefficient (Wildman–Crippen LogP) is 2.17. The molecule has 3 aromatic heterocycles. The van der Waals surface area contributed by atoms with Crippen LogP contribution in [0.15, 0.2) is 42.5 Å². The van der Waals surface area contributed by atoms with Crippen LogP contribution in [0, 0.1) is 20.8 Å². The highest BCUT2D eigenvalue weighted by Crippen LogP contribution is 2.17. The molecule has 0 atom stereocenters. The zero-order valence-corrected chi connectivity index (χ0v) is 15.3. The Morgan fingerprint density at radius 2 is 1.78 bits per heavy atom. The maximum Gasteiger partial charge on any atom is 0.255 e. The van der Waals surface area contributed by atoms with Gasteiger partial charge in [0.15, 0.2) is 17.3 Å². The van der Waals surface area contributed by atoms with E-state index in [1.54, 1.807) is 9.20 Å². The van der Waals surface area contributed by atoms with Gasteiger partial charge < -0.3 is 5.32 Å². The van der Waals surface area contributed by atoms with Gasteiger partial charge in [-0.1, -0.05) is 30.3 Å². The second kappa shape index (κ2) is 6.64. The van der Waals surface area contributed by atoms with Gasteiger partial charge in [0.1, 0.15) is 0 Å². The molecule has 136 valence electrons. The van der Waals surface area contributed by atoms with E-state index in [-0.39, 0.29) is 5.91 Å². The monoisotopic (exact) mass is 361 g/mol. The van der Waals surface area contributed by atoms with Crippen LogP contribution in [0.5, 0.6) is 0 Å². The lowest BCUT2D eigenvalue weighted by molar-refractivity contribution is 0.0949. The van der Waals surface area contributed by atoms with E-state index in [1.807, 2.05) is 63.2 Å². The number of rotatable bonds is 4. The molecular weight excluding hydrogens is 342 g/mol. The van der Waals surface area contributed by atoms with Crippen molar-refractivity contribution in [1.82, 2.24) is 34.9 Å². The molecule has 1 aromatic carbocycles. The number of nitrogens with one attached hydrogen (secondary N) is 1. The number of amides is 1. The summed E-state index contributed by atoms with van der Waals surface area (Å²) in [6.07, 6.45) is 0. The predicted molar refractivity (Wildman–Crippen MR) is 99.7 cm³/mol. The second-order valence-corrected chi connectivity index (χ2v) is 6.33. The molecule has 0 radical (unpaired) electrons. The molecule has 4 aromatic rings. The van der Waals surface area contributed by atoms with Gasteiger partial charge in [0.2, 0.25) is 0 Å². The maximum absolute atomic E-state index is 12.7. The molecule has 4 rings (SSSR count). The standard InChI is InChI=1S/C19H19N7O/c1-12-18(19(27)20-11-15-7-5-4-6-8-15)13(2)25(23-12)17-10-9-16-22-21-14(3)26(16)24-17/h4-10H,11H2,1-3H3,(H,20,27). The number of aryl methyl sites for hydroxylation is 2. The SMILES string of the molecule is Cc1nn(-c2ccc3nnc(C)n3n2)c(C)c1C(=O)NCc1ccccc1. The summed E-state index contributed by atoms with van der Waals surface area (Å²) in [5.41, 5.74) is 3.66. The van der Waals surface area contributed by atoms with E-state index in [0.29, 0.717) is 35.1 Å². The van der Waals surface area contributed by atoms with Crippen LogP contribution >= 0.6 is 0 Å². The van der Waals surface area contributed by atoms with E-state index in [9.17, 15) is 4.79 Å². The average Bonchev–Trinajstić information content (AvgIpc) is 3.20. The molecule has 1 N–H and O–H groups in total. The highest BCUT2D eigenvalue weighted by atomic mass is 16.1. The minimum absolute atomic E-state index is 0.151. The van der Waals surface area contributed by atoms with Crippen molar-refractivity contribution >= 4 is 11.6 Å². The first-order valence-electron chi connectivity index (χ1n) is 8.62. The molecule has 0 saturated carbocycles. The van der Waals surface area contributed by atoms with Gasteiger partial charge >= 0.3 is 0 Å². The summed E-state index contributed by atoms with van der Waals surface area (Å²) in [7, 11) is 0. The Balaban J connectivity index is 1.64. The van der Waals surface area contributed by atoms with Gasteiger partial charge in [-0.05, 0) is 38.5 Å². The molecular formula is C19H19N7O. The van der Waals surface area contributed by atoms with E-state index >= 15 is 0 Å². The number of fused-ring (bicyclic) bond motifs is 1. The van der Waals surface area contributed by atoms with Crippen molar-refractivity contribution in [3.63, 3.8) is 0 Å². The minimum atomic E-state index is -0.151. The summed E-state index contributed by atoms with van der Waals surface area (Å²) in [6.45, 7) is 5.99. The van der Waals surface area contributed by atoms with Crippen molar-refractivity contribution in [2.24, 2.45) is 0 Å². The topological polar surface area (TPSA) is 90.0 Å². The summed E-state index contributed by atoms with van der Waals surface area (Å²) in [4.78, 5) is 12.7. The highest BCUT2D eigenvalue weighted by molar-refractivity contribution is 5.96. The Bertz CT molecular complexity index is 1130. The third-order valence-electron chi connectivity index (χ3n) is 4.44. The molecule has 0 fully saturated rings. The Labute approximate surface area is 155 Å². The zero-order chi connectivity index (χ0) is 19.0. The number of carbonyl (C=O) groups is 1. The number of hydrogen-bond donors (Lipinski definition) is 1. The van der Waals surface area contributed by atoms with Crippen LogP contribution in [0.25, 0.3) is 11.5 Å². The average molecular weight is 361 g/mol. The summed E-state index contributed by atoms with van der Waals surface area (Å²) in [5, 5.41) is 20.1. The van der Waals surface area contributed by atoms with Crippen molar-refractivity contribution < 1.29 is 4.79 Å². The van der Waals surface area contributed by atoms with Crippen molar-refractivity contribution in [2.45, 2.75) is 27.3 Å². The number of nitrogens with zero attached hydrogens (tertiary/aromatic N) is 6. The first kappa shape index (κ1) is 16.9. The van der Waals surface area contributed by atoms with Crippen LogP contribution in [-0.4, -0.2) is 35.5 Å². The first-order chi connectivity index (χ1) is 13.0. The van der Waals surface area contributed by atoms with Gasteiger partial charge in [0, 0.05) is 6.54 Å². The fraction of sp³-hybridized carbons (Fsp3) is 0.211. The van der Waals surface area contributed by atoms with Gasteiger partial charge in [-0.3, -0.25) is 4.79 Å². The van der Waals surface area contributed by atoms with Gasteiger partial charge in [0.05, 0.1) is 17.0 Å². The largest absolute Gasteiger partial charge is 0.348 e. The van der Waals surface area contributed by atoms with Crippen LogP contribution < -0.4 is 5.32 Å². The Morgan fingerprint density at radius 3 is 2.56 bits per heavy atom. The Hall–Kier alpha value is -3.55. The highest BCUT2D eigenvalue weighted by Gasteiger charge is 2.20. The van der Waals surface area contributed by atoms with Crippen LogP contribution in [0.1, 0.15) is 33.1 Å². The molecule has 0 aliphatic rings. The maximum atomic E-state index is 12.7. The summed E-state index contributed by atoms with van der Waals surface area (Å²) < 4.78 is 3.33. The molecule has 8 heteroatoms. The Kier molecular flexibility index (Phi) is 4.15.